The molecule has 0 fully saturated rings. The van der Waals surface area contributed by atoms with Gasteiger partial charge in [0.05, 0.1) is 12.2 Å². The SMILES string of the molecule is O=C(Nc1ccc2cc(-c3ccccc3C(F)(F)F)[nH]c(=O)c2c1)OC[C@H](O)CO. The molecule has 1 heterocycles. The Kier molecular flexibility index (Phi) is 6.09. The average Bonchev–Trinajstić information content (AvgIpc) is 2.71. The highest BCUT2D eigenvalue weighted by atomic mass is 19.4. The Balaban J connectivity index is 1.91. The van der Waals surface area contributed by atoms with Gasteiger partial charge in [0.2, 0.25) is 0 Å². The Morgan fingerprint density at radius 3 is 2.60 bits per heavy atom. The lowest BCUT2D eigenvalue weighted by atomic mass is 10.0. The molecule has 10 heteroatoms. The number of aromatic nitrogens is 1. The van der Waals surface area contributed by atoms with E-state index in [0.717, 1.165) is 6.07 Å². The third kappa shape index (κ3) is 4.78. The molecule has 3 rings (SSSR count). The van der Waals surface area contributed by atoms with E-state index in [2.05, 4.69) is 10.3 Å². The van der Waals surface area contributed by atoms with E-state index in [1.165, 1.54) is 42.5 Å². The number of carbonyl (C=O) groups is 1. The molecule has 30 heavy (non-hydrogen) atoms. The van der Waals surface area contributed by atoms with E-state index in [-0.39, 0.29) is 22.3 Å². The maximum atomic E-state index is 13.3. The fourth-order valence-corrected chi connectivity index (χ4v) is 2.83. The number of aliphatic hydroxyl groups excluding tert-OH is 2. The molecule has 0 saturated carbocycles. The molecule has 158 valence electrons. The number of amides is 1. The van der Waals surface area contributed by atoms with Crippen LogP contribution >= 0.6 is 0 Å². The van der Waals surface area contributed by atoms with Crippen LogP contribution in [0.5, 0.6) is 0 Å². The molecule has 3 aromatic rings. The number of halogens is 3. The van der Waals surface area contributed by atoms with E-state index >= 15 is 0 Å². The molecule has 0 radical (unpaired) electrons. The molecule has 0 aliphatic rings. The summed E-state index contributed by atoms with van der Waals surface area (Å²) in [5.41, 5.74) is -1.44. The minimum Gasteiger partial charge on any atom is -0.446 e. The van der Waals surface area contributed by atoms with Gasteiger partial charge in [0, 0.05) is 22.3 Å². The van der Waals surface area contributed by atoms with E-state index in [0.29, 0.717) is 5.39 Å². The third-order valence-corrected chi connectivity index (χ3v) is 4.23. The molecule has 0 aliphatic heterocycles. The van der Waals surface area contributed by atoms with Gasteiger partial charge >= 0.3 is 12.3 Å². The molecule has 2 aromatic carbocycles. The highest BCUT2D eigenvalue weighted by Crippen LogP contribution is 2.36. The summed E-state index contributed by atoms with van der Waals surface area (Å²) in [4.78, 5) is 26.6. The number of H-pyrrole nitrogens is 1. The zero-order chi connectivity index (χ0) is 21.9. The summed E-state index contributed by atoms with van der Waals surface area (Å²) in [5.74, 6) is 0. The number of benzene rings is 2. The summed E-state index contributed by atoms with van der Waals surface area (Å²) >= 11 is 0. The van der Waals surface area contributed by atoms with E-state index in [1.54, 1.807) is 0 Å². The van der Waals surface area contributed by atoms with Gasteiger partial charge in [-0.2, -0.15) is 13.2 Å². The molecule has 1 atom stereocenters. The van der Waals surface area contributed by atoms with Crippen LogP contribution in [0.3, 0.4) is 0 Å². The van der Waals surface area contributed by atoms with Crippen molar-refractivity contribution in [1.29, 1.82) is 0 Å². The number of hydrogen-bond donors (Lipinski definition) is 4. The van der Waals surface area contributed by atoms with E-state index < -0.39 is 42.7 Å². The number of aromatic amines is 1. The highest BCUT2D eigenvalue weighted by Gasteiger charge is 2.33. The Morgan fingerprint density at radius 2 is 1.90 bits per heavy atom. The first-order valence-corrected chi connectivity index (χ1v) is 8.75. The zero-order valence-electron chi connectivity index (χ0n) is 15.4. The summed E-state index contributed by atoms with van der Waals surface area (Å²) in [7, 11) is 0. The number of rotatable bonds is 5. The van der Waals surface area contributed by atoms with E-state index in [4.69, 9.17) is 14.9 Å². The molecular formula is C20H17F3N2O5. The van der Waals surface area contributed by atoms with Crippen LogP contribution < -0.4 is 10.9 Å². The number of hydrogen-bond acceptors (Lipinski definition) is 5. The number of ether oxygens (including phenoxy) is 1. The van der Waals surface area contributed by atoms with Crippen LogP contribution in [0.25, 0.3) is 22.0 Å². The summed E-state index contributed by atoms with van der Waals surface area (Å²) < 4.78 is 44.6. The minimum absolute atomic E-state index is 0.0125. The second-order valence-corrected chi connectivity index (χ2v) is 6.42. The second kappa shape index (κ2) is 8.56. The number of carbonyl (C=O) groups excluding carboxylic acids is 1. The van der Waals surface area contributed by atoms with Gasteiger partial charge in [-0.05, 0) is 29.7 Å². The van der Waals surface area contributed by atoms with E-state index in [1.807, 2.05) is 0 Å². The Hall–Kier alpha value is -3.37. The van der Waals surface area contributed by atoms with Crippen molar-refractivity contribution in [1.82, 2.24) is 4.98 Å². The molecule has 0 saturated heterocycles. The third-order valence-electron chi connectivity index (χ3n) is 4.23. The molecule has 1 amide bonds. The van der Waals surface area contributed by atoms with Gasteiger partial charge in [-0.1, -0.05) is 24.3 Å². The van der Waals surface area contributed by atoms with Crippen molar-refractivity contribution in [2.24, 2.45) is 0 Å². The van der Waals surface area contributed by atoms with Crippen molar-refractivity contribution < 1.29 is 32.9 Å². The van der Waals surface area contributed by atoms with Crippen molar-refractivity contribution in [2.45, 2.75) is 12.3 Å². The van der Waals surface area contributed by atoms with Gasteiger partial charge in [0.15, 0.2) is 0 Å². The Bertz CT molecular complexity index is 1130. The molecule has 0 spiro atoms. The van der Waals surface area contributed by atoms with Gasteiger partial charge in [-0.3, -0.25) is 10.1 Å². The van der Waals surface area contributed by atoms with Crippen LogP contribution in [0.2, 0.25) is 0 Å². The number of alkyl halides is 3. The van der Waals surface area contributed by atoms with Crippen LogP contribution in [-0.4, -0.2) is 40.6 Å². The topological polar surface area (TPSA) is 112 Å². The zero-order valence-corrected chi connectivity index (χ0v) is 15.4. The van der Waals surface area contributed by atoms with Crippen LogP contribution in [0.15, 0.2) is 53.3 Å². The van der Waals surface area contributed by atoms with Crippen molar-refractivity contribution in [3.8, 4) is 11.3 Å². The molecule has 0 bridgehead atoms. The fraction of sp³-hybridized carbons (Fsp3) is 0.200. The van der Waals surface area contributed by atoms with Crippen molar-refractivity contribution in [3.63, 3.8) is 0 Å². The van der Waals surface area contributed by atoms with Gasteiger partial charge < -0.3 is 19.9 Å². The first kappa shape index (κ1) is 21.3. The lowest BCUT2D eigenvalue weighted by Crippen LogP contribution is -2.24. The second-order valence-electron chi connectivity index (χ2n) is 6.42. The van der Waals surface area contributed by atoms with Gasteiger partial charge in [-0.15, -0.1) is 0 Å². The average molecular weight is 422 g/mol. The smallest absolute Gasteiger partial charge is 0.417 e. The summed E-state index contributed by atoms with van der Waals surface area (Å²) in [5, 5.41) is 20.7. The predicted octanol–water partition coefficient (Wildman–Crippen LogP) is 3.12. The van der Waals surface area contributed by atoms with E-state index in [9.17, 15) is 22.8 Å². The normalized spacial score (nSPS) is 12.6. The summed E-state index contributed by atoms with van der Waals surface area (Å²) in [6.45, 7) is -0.989. The molecule has 0 aliphatic carbocycles. The Labute approximate surface area is 167 Å². The van der Waals surface area contributed by atoms with Gasteiger partial charge in [0.25, 0.3) is 5.56 Å². The maximum Gasteiger partial charge on any atom is 0.417 e. The number of nitrogens with one attached hydrogen (secondary N) is 2. The number of anilines is 1. The molecule has 0 unspecified atom stereocenters. The Morgan fingerprint density at radius 1 is 1.17 bits per heavy atom. The van der Waals surface area contributed by atoms with Crippen LogP contribution in [-0.2, 0) is 10.9 Å². The summed E-state index contributed by atoms with van der Waals surface area (Å²) in [6, 6.07) is 10.6. The fourth-order valence-electron chi connectivity index (χ4n) is 2.83. The monoisotopic (exact) mass is 422 g/mol. The van der Waals surface area contributed by atoms with Crippen molar-refractivity contribution in [3.05, 3.63) is 64.4 Å². The van der Waals surface area contributed by atoms with Crippen molar-refractivity contribution >= 4 is 22.6 Å². The number of aliphatic hydroxyl groups is 2. The largest absolute Gasteiger partial charge is 0.446 e. The van der Waals surface area contributed by atoms with Crippen molar-refractivity contribution in [2.75, 3.05) is 18.5 Å². The predicted molar refractivity (Wildman–Crippen MR) is 103 cm³/mol. The minimum atomic E-state index is -4.58. The van der Waals surface area contributed by atoms with Crippen LogP contribution in [0, 0.1) is 0 Å². The highest BCUT2D eigenvalue weighted by molar-refractivity contribution is 5.92. The molecule has 4 N–H and O–H groups in total. The summed E-state index contributed by atoms with van der Waals surface area (Å²) in [6.07, 6.45) is -6.71. The lowest BCUT2D eigenvalue weighted by molar-refractivity contribution is -0.137. The van der Waals surface area contributed by atoms with Gasteiger partial charge in [-0.25, -0.2) is 4.79 Å². The number of fused-ring (bicyclic) bond motifs is 1. The number of pyridine rings is 1. The van der Waals surface area contributed by atoms with Gasteiger partial charge in [0.1, 0.15) is 12.7 Å². The maximum absolute atomic E-state index is 13.3. The molecule has 7 nitrogen and oxygen atoms in total. The molecule has 1 aromatic heterocycles. The first-order chi connectivity index (χ1) is 14.2. The quantitative estimate of drug-likeness (QED) is 0.505. The lowest BCUT2D eigenvalue weighted by Gasteiger charge is -2.13. The standard InChI is InChI=1S/C20H17F3N2O5/c21-20(22,23)16-4-2-1-3-14(16)17-7-11-5-6-12(8-15(11)18(28)25-17)24-19(29)30-10-13(27)9-26/h1-8,13,26-27H,9-10H2,(H,24,29)(H,25,28)/t13-/m1/s1. The first-order valence-electron chi connectivity index (χ1n) is 8.75. The van der Waals surface area contributed by atoms with Crippen LogP contribution in [0.1, 0.15) is 5.56 Å². The van der Waals surface area contributed by atoms with Crippen LogP contribution in [0.4, 0.5) is 23.7 Å². The molecular weight excluding hydrogens is 405 g/mol.